The van der Waals surface area contributed by atoms with Gasteiger partial charge in [-0.1, -0.05) is 0 Å². The topological polar surface area (TPSA) is 96.5 Å². The van der Waals surface area contributed by atoms with Crippen LogP contribution in [0.4, 0.5) is 0 Å². The van der Waals surface area contributed by atoms with Gasteiger partial charge < -0.3 is 14.8 Å². The minimum atomic E-state index is -3.63. The number of nitrogens with one attached hydrogen (secondary N) is 2. The molecule has 0 aromatic carbocycles. The standard InChI is InChI=1S/C12H22N4O4S/c1-8-12(9(5-13-2)15-14-8)21(17,18)16-6-10(19-3)11(7-16)20-4/h10-11,13H,5-7H2,1-4H3,(H,14,15). The molecule has 2 unspecified atom stereocenters. The highest BCUT2D eigenvalue weighted by molar-refractivity contribution is 7.89. The molecule has 2 heterocycles. The predicted molar refractivity (Wildman–Crippen MR) is 76.4 cm³/mol. The van der Waals surface area contributed by atoms with E-state index in [1.54, 1.807) is 28.2 Å². The maximum Gasteiger partial charge on any atom is 0.246 e. The van der Waals surface area contributed by atoms with Crippen molar-refractivity contribution in [3.05, 3.63) is 11.4 Å². The van der Waals surface area contributed by atoms with Crippen LogP contribution in [0.5, 0.6) is 0 Å². The molecule has 1 aromatic heterocycles. The Hall–Kier alpha value is -1.00. The molecular weight excluding hydrogens is 296 g/mol. The number of hydrogen-bond donors (Lipinski definition) is 2. The molecule has 1 aliphatic rings. The van der Waals surface area contributed by atoms with Crippen molar-refractivity contribution < 1.29 is 17.9 Å². The van der Waals surface area contributed by atoms with E-state index in [9.17, 15) is 8.42 Å². The lowest BCUT2D eigenvalue weighted by molar-refractivity contribution is -0.00461. The molecule has 120 valence electrons. The third-order valence-electron chi connectivity index (χ3n) is 3.69. The Kier molecular flexibility index (Phi) is 4.99. The largest absolute Gasteiger partial charge is 0.377 e. The van der Waals surface area contributed by atoms with Gasteiger partial charge in [-0.3, -0.25) is 5.10 Å². The summed E-state index contributed by atoms with van der Waals surface area (Å²) in [5.41, 5.74) is 1.03. The average molecular weight is 318 g/mol. The highest BCUT2D eigenvalue weighted by atomic mass is 32.2. The molecule has 8 nitrogen and oxygen atoms in total. The monoisotopic (exact) mass is 318 g/mol. The molecule has 9 heteroatoms. The minimum Gasteiger partial charge on any atom is -0.377 e. The summed E-state index contributed by atoms with van der Waals surface area (Å²) in [7, 11) is 1.24. The van der Waals surface area contributed by atoms with Gasteiger partial charge in [0.25, 0.3) is 0 Å². The fourth-order valence-electron chi connectivity index (χ4n) is 2.59. The minimum absolute atomic E-state index is 0.239. The Morgan fingerprint density at radius 2 is 1.90 bits per heavy atom. The second-order valence-corrected chi connectivity index (χ2v) is 6.90. The maximum absolute atomic E-state index is 12.9. The third kappa shape index (κ3) is 2.97. The van der Waals surface area contributed by atoms with Crippen molar-refractivity contribution in [2.24, 2.45) is 0 Å². The quantitative estimate of drug-likeness (QED) is 0.732. The van der Waals surface area contributed by atoms with Crippen molar-refractivity contribution in [3.63, 3.8) is 0 Å². The molecule has 2 rings (SSSR count). The first-order valence-corrected chi connectivity index (χ1v) is 8.13. The zero-order valence-electron chi connectivity index (χ0n) is 12.7. The van der Waals surface area contributed by atoms with Crippen molar-refractivity contribution in [3.8, 4) is 0 Å². The molecule has 1 fully saturated rings. The van der Waals surface area contributed by atoms with E-state index < -0.39 is 10.0 Å². The number of H-pyrrole nitrogens is 1. The zero-order chi connectivity index (χ0) is 15.6. The summed E-state index contributed by atoms with van der Waals surface area (Å²) in [6, 6.07) is 0. The Labute approximate surface area is 124 Å². The van der Waals surface area contributed by atoms with Crippen LogP contribution in [0.2, 0.25) is 0 Å². The van der Waals surface area contributed by atoms with Gasteiger partial charge in [-0.05, 0) is 14.0 Å². The number of aromatic nitrogens is 2. The van der Waals surface area contributed by atoms with Gasteiger partial charge in [0.2, 0.25) is 10.0 Å². The van der Waals surface area contributed by atoms with Crippen molar-refractivity contribution in [2.75, 3.05) is 34.4 Å². The van der Waals surface area contributed by atoms with Gasteiger partial charge >= 0.3 is 0 Å². The smallest absolute Gasteiger partial charge is 0.246 e. The summed E-state index contributed by atoms with van der Waals surface area (Å²) in [6.07, 6.45) is -0.519. The Morgan fingerprint density at radius 3 is 2.38 bits per heavy atom. The first-order valence-electron chi connectivity index (χ1n) is 6.69. The Bertz CT molecular complexity index is 574. The molecule has 1 saturated heterocycles. The molecule has 2 atom stereocenters. The van der Waals surface area contributed by atoms with E-state index in [-0.39, 0.29) is 30.2 Å². The number of rotatable bonds is 6. The lowest BCUT2D eigenvalue weighted by Gasteiger charge is -2.16. The molecule has 21 heavy (non-hydrogen) atoms. The fraction of sp³-hybridized carbons (Fsp3) is 0.750. The number of aromatic amines is 1. The first kappa shape index (κ1) is 16.4. The van der Waals surface area contributed by atoms with Crippen LogP contribution in [0.25, 0.3) is 0 Å². The van der Waals surface area contributed by atoms with E-state index in [4.69, 9.17) is 9.47 Å². The van der Waals surface area contributed by atoms with Gasteiger partial charge in [-0.2, -0.15) is 9.40 Å². The molecule has 0 spiro atoms. The molecule has 0 saturated carbocycles. The van der Waals surface area contributed by atoms with Gasteiger partial charge in [-0.25, -0.2) is 8.42 Å². The van der Waals surface area contributed by atoms with Gasteiger partial charge in [-0.15, -0.1) is 0 Å². The van der Waals surface area contributed by atoms with Crippen LogP contribution in [0.15, 0.2) is 4.90 Å². The van der Waals surface area contributed by atoms with Crippen LogP contribution in [0.3, 0.4) is 0 Å². The van der Waals surface area contributed by atoms with E-state index in [1.807, 2.05) is 0 Å². The predicted octanol–water partition coefficient (Wildman–Crippen LogP) is -0.528. The summed E-state index contributed by atoms with van der Waals surface area (Å²) >= 11 is 0. The van der Waals surface area contributed by atoms with Crippen LogP contribution in [0, 0.1) is 6.92 Å². The molecule has 1 aromatic rings. The number of aryl methyl sites for hydroxylation is 1. The molecule has 0 amide bonds. The SMILES string of the molecule is CNCc1n[nH]c(C)c1S(=O)(=O)N1CC(OC)C(OC)C1. The maximum atomic E-state index is 12.9. The van der Waals surface area contributed by atoms with Crippen LogP contribution < -0.4 is 5.32 Å². The Morgan fingerprint density at radius 1 is 1.33 bits per heavy atom. The summed E-state index contributed by atoms with van der Waals surface area (Å²) in [6.45, 7) is 2.65. The van der Waals surface area contributed by atoms with Crippen molar-refractivity contribution in [1.82, 2.24) is 19.8 Å². The molecule has 1 aliphatic heterocycles. The first-order chi connectivity index (χ1) is 9.95. The van der Waals surface area contributed by atoms with Crippen molar-refractivity contribution in [2.45, 2.75) is 30.6 Å². The zero-order valence-corrected chi connectivity index (χ0v) is 13.5. The van der Waals surface area contributed by atoms with Gasteiger partial charge in [0.15, 0.2) is 0 Å². The third-order valence-corrected chi connectivity index (χ3v) is 5.73. The number of hydrogen-bond acceptors (Lipinski definition) is 6. The second kappa shape index (κ2) is 6.41. The summed E-state index contributed by atoms with van der Waals surface area (Å²) in [4.78, 5) is 0.239. The van der Waals surface area contributed by atoms with Crippen LogP contribution in [-0.4, -0.2) is 69.5 Å². The fourth-order valence-corrected chi connectivity index (χ4v) is 4.38. The van der Waals surface area contributed by atoms with Gasteiger partial charge in [0, 0.05) is 33.9 Å². The molecule has 0 radical (unpaired) electrons. The van der Waals surface area contributed by atoms with Crippen molar-refractivity contribution >= 4 is 10.0 Å². The Balaban J connectivity index is 2.33. The van der Waals surface area contributed by atoms with Gasteiger partial charge in [0.1, 0.15) is 4.90 Å². The lowest BCUT2D eigenvalue weighted by Crippen LogP contribution is -2.31. The van der Waals surface area contributed by atoms with E-state index in [2.05, 4.69) is 15.5 Å². The molecule has 2 N–H and O–H groups in total. The number of ether oxygens (including phenoxy) is 2. The van der Waals surface area contributed by atoms with Crippen molar-refractivity contribution in [1.29, 1.82) is 0 Å². The number of nitrogens with zero attached hydrogens (tertiary/aromatic N) is 2. The average Bonchev–Trinajstić information content (AvgIpc) is 3.03. The summed E-state index contributed by atoms with van der Waals surface area (Å²) < 4.78 is 37.7. The molecule has 0 bridgehead atoms. The number of sulfonamides is 1. The highest BCUT2D eigenvalue weighted by Gasteiger charge is 2.41. The lowest BCUT2D eigenvalue weighted by atomic mass is 10.3. The van der Waals surface area contributed by atoms with Crippen LogP contribution >= 0.6 is 0 Å². The van der Waals surface area contributed by atoms with Gasteiger partial charge in [0.05, 0.1) is 23.6 Å². The second-order valence-electron chi connectivity index (χ2n) is 5.03. The molecule has 0 aliphatic carbocycles. The van der Waals surface area contributed by atoms with Crippen LogP contribution in [0.1, 0.15) is 11.4 Å². The summed E-state index contributed by atoms with van der Waals surface area (Å²) in [5.74, 6) is 0. The van der Waals surface area contributed by atoms with E-state index >= 15 is 0 Å². The normalized spacial score (nSPS) is 23.8. The highest BCUT2D eigenvalue weighted by Crippen LogP contribution is 2.27. The van der Waals surface area contributed by atoms with E-state index in [0.717, 1.165) is 0 Å². The van der Waals surface area contributed by atoms with E-state index in [0.29, 0.717) is 17.9 Å². The number of methoxy groups -OCH3 is 2. The summed E-state index contributed by atoms with van der Waals surface area (Å²) in [5, 5.41) is 9.73. The van der Waals surface area contributed by atoms with Crippen LogP contribution in [-0.2, 0) is 26.0 Å². The molecular formula is C12H22N4O4S. The van der Waals surface area contributed by atoms with E-state index in [1.165, 1.54) is 4.31 Å².